The molecule has 6 nitrogen and oxygen atoms in total. The van der Waals surface area contributed by atoms with E-state index in [1.165, 1.54) is 16.7 Å². The van der Waals surface area contributed by atoms with Crippen LogP contribution in [0.3, 0.4) is 0 Å². The number of carbonyl (C=O) groups excluding carboxylic acids is 1. The van der Waals surface area contributed by atoms with Gasteiger partial charge < -0.3 is 9.32 Å². The van der Waals surface area contributed by atoms with Crippen LogP contribution in [0.4, 0.5) is 0 Å². The third-order valence-corrected chi connectivity index (χ3v) is 4.45. The number of hydrogen-bond acceptors (Lipinski definition) is 6. The molecule has 0 radical (unpaired) electrons. The van der Waals surface area contributed by atoms with Crippen molar-refractivity contribution >= 4 is 33.6 Å². The van der Waals surface area contributed by atoms with E-state index in [0.29, 0.717) is 24.1 Å². The molecule has 2 rings (SSSR count). The van der Waals surface area contributed by atoms with Crippen LogP contribution < -0.4 is 0 Å². The van der Waals surface area contributed by atoms with E-state index in [9.17, 15) is 4.79 Å². The summed E-state index contributed by atoms with van der Waals surface area (Å²) in [7, 11) is 1.68. The molecule has 1 heterocycles. The van der Waals surface area contributed by atoms with Crippen molar-refractivity contribution in [1.82, 2.24) is 15.1 Å². The molecule has 1 atom stereocenters. The predicted octanol–water partition coefficient (Wildman–Crippen LogP) is 3.35. The summed E-state index contributed by atoms with van der Waals surface area (Å²) in [6, 6.07) is 9.57. The molecule has 0 aliphatic rings. The number of nitriles is 1. The Labute approximate surface area is 147 Å². The Bertz CT molecular complexity index is 728. The van der Waals surface area contributed by atoms with Crippen LogP contribution in [0, 0.1) is 11.3 Å². The maximum Gasteiger partial charge on any atom is 0.277 e. The Balaban J connectivity index is 2.01. The minimum absolute atomic E-state index is 0.0764. The maximum atomic E-state index is 12.2. The topological polar surface area (TPSA) is 83.0 Å². The highest BCUT2D eigenvalue weighted by Gasteiger charge is 2.21. The molecule has 0 unspecified atom stereocenters. The normalized spacial score (nSPS) is 11.7. The number of thioether (sulfide) groups is 1. The minimum atomic E-state index is -0.366. The molecule has 1 aromatic carbocycles. The van der Waals surface area contributed by atoms with Crippen molar-refractivity contribution in [2.45, 2.75) is 23.8 Å². The second kappa shape index (κ2) is 8.13. The predicted molar refractivity (Wildman–Crippen MR) is 90.6 cm³/mol. The van der Waals surface area contributed by atoms with Crippen LogP contribution in [0.15, 0.2) is 38.4 Å². The molecule has 0 spiro atoms. The summed E-state index contributed by atoms with van der Waals surface area (Å²) >= 11 is 4.60. The number of carbonyl (C=O) groups is 1. The molecule has 0 bridgehead atoms. The van der Waals surface area contributed by atoms with Crippen molar-refractivity contribution < 1.29 is 9.21 Å². The number of rotatable bonds is 6. The van der Waals surface area contributed by atoms with Gasteiger partial charge in [0.15, 0.2) is 0 Å². The van der Waals surface area contributed by atoms with E-state index in [0.717, 1.165) is 10.0 Å². The van der Waals surface area contributed by atoms with Gasteiger partial charge in [-0.25, -0.2) is 0 Å². The molecule has 2 aromatic rings. The molecule has 1 aromatic heterocycles. The van der Waals surface area contributed by atoms with Crippen LogP contribution >= 0.6 is 27.7 Å². The van der Waals surface area contributed by atoms with E-state index in [-0.39, 0.29) is 11.2 Å². The lowest BCUT2D eigenvalue weighted by Gasteiger charge is -2.18. The molecule has 1 amide bonds. The van der Waals surface area contributed by atoms with Crippen LogP contribution in [0.1, 0.15) is 13.3 Å². The fraction of sp³-hybridized carbons (Fsp3) is 0.333. The molecule has 120 valence electrons. The molecule has 23 heavy (non-hydrogen) atoms. The quantitative estimate of drug-likeness (QED) is 0.698. The van der Waals surface area contributed by atoms with Gasteiger partial charge in [-0.15, -0.1) is 10.2 Å². The van der Waals surface area contributed by atoms with Gasteiger partial charge in [0.25, 0.3) is 5.22 Å². The third-order valence-electron chi connectivity index (χ3n) is 3.04. The van der Waals surface area contributed by atoms with Gasteiger partial charge in [0, 0.05) is 23.6 Å². The van der Waals surface area contributed by atoms with E-state index < -0.39 is 0 Å². The summed E-state index contributed by atoms with van der Waals surface area (Å²) < 4.78 is 6.52. The molecule has 0 N–H and O–H groups in total. The number of nitrogens with zero attached hydrogens (tertiary/aromatic N) is 4. The lowest BCUT2D eigenvalue weighted by molar-refractivity contribution is -0.128. The lowest BCUT2D eigenvalue weighted by Crippen LogP contribution is -2.33. The average molecular weight is 395 g/mol. The first kappa shape index (κ1) is 17.5. The van der Waals surface area contributed by atoms with Gasteiger partial charge in [0.1, 0.15) is 0 Å². The van der Waals surface area contributed by atoms with Gasteiger partial charge in [0.2, 0.25) is 11.8 Å². The Kier molecular flexibility index (Phi) is 6.19. The highest BCUT2D eigenvalue weighted by atomic mass is 79.9. The van der Waals surface area contributed by atoms with Crippen molar-refractivity contribution in [3.05, 3.63) is 28.7 Å². The van der Waals surface area contributed by atoms with E-state index in [4.69, 9.17) is 9.68 Å². The first-order valence-electron chi connectivity index (χ1n) is 6.89. The Morgan fingerprint density at radius 1 is 1.52 bits per heavy atom. The number of aromatic nitrogens is 2. The highest BCUT2D eigenvalue weighted by molar-refractivity contribution is 9.10. The van der Waals surface area contributed by atoms with Gasteiger partial charge >= 0.3 is 0 Å². The molecule has 0 fully saturated rings. The second-order valence-electron chi connectivity index (χ2n) is 4.81. The zero-order valence-electron chi connectivity index (χ0n) is 12.7. The largest absolute Gasteiger partial charge is 0.411 e. The van der Waals surface area contributed by atoms with Crippen molar-refractivity contribution in [2.24, 2.45) is 0 Å². The first-order valence-corrected chi connectivity index (χ1v) is 8.56. The summed E-state index contributed by atoms with van der Waals surface area (Å²) in [5.74, 6) is 0.332. The summed E-state index contributed by atoms with van der Waals surface area (Å²) in [6.45, 7) is 2.19. The number of benzene rings is 1. The Morgan fingerprint density at radius 3 is 3.00 bits per heavy atom. The highest BCUT2D eigenvalue weighted by Crippen LogP contribution is 2.28. The smallest absolute Gasteiger partial charge is 0.277 e. The molecule has 0 saturated heterocycles. The Morgan fingerprint density at radius 2 is 2.30 bits per heavy atom. The second-order valence-corrected chi connectivity index (χ2v) is 7.02. The fourth-order valence-corrected chi connectivity index (χ4v) is 3.03. The molecule has 0 aliphatic carbocycles. The molecule has 0 aliphatic heterocycles. The van der Waals surface area contributed by atoms with Crippen LogP contribution in [-0.2, 0) is 4.79 Å². The summed E-state index contributed by atoms with van der Waals surface area (Å²) in [5, 5.41) is 16.5. The molecular formula is C15H15BrN4O2S. The summed E-state index contributed by atoms with van der Waals surface area (Å²) in [4.78, 5) is 13.7. The van der Waals surface area contributed by atoms with E-state index in [1.807, 2.05) is 30.3 Å². The van der Waals surface area contributed by atoms with E-state index >= 15 is 0 Å². The first-order chi connectivity index (χ1) is 11.0. The zero-order chi connectivity index (χ0) is 16.8. The van der Waals surface area contributed by atoms with Crippen LogP contribution in [0.5, 0.6) is 0 Å². The number of hydrogen-bond donors (Lipinski definition) is 0. The number of amides is 1. The third kappa shape index (κ3) is 4.81. The lowest BCUT2D eigenvalue weighted by atomic mass is 10.2. The van der Waals surface area contributed by atoms with Crippen molar-refractivity contribution in [3.8, 4) is 17.5 Å². The molecule has 8 heteroatoms. The van der Waals surface area contributed by atoms with Gasteiger partial charge in [0.05, 0.1) is 17.7 Å². The standard InChI is InChI=1S/C15H15BrN4O2S/c1-10(14(21)20(2)8-4-7-17)23-15-19-18-13(22-15)11-5-3-6-12(16)9-11/h3,5-6,9-10H,4,8H2,1-2H3/t10-/m1/s1. The van der Waals surface area contributed by atoms with Crippen molar-refractivity contribution in [1.29, 1.82) is 5.26 Å². The van der Waals surface area contributed by atoms with Crippen LogP contribution in [-0.4, -0.2) is 39.8 Å². The van der Waals surface area contributed by atoms with Gasteiger partial charge in [-0.1, -0.05) is 33.8 Å². The Hall–Kier alpha value is -1.85. The SMILES string of the molecule is C[C@@H](Sc1nnc(-c2cccc(Br)c2)o1)C(=O)N(C)CCC#N. The summed E-state index contributed by atoms with van der Waals surface area (Å²) in [6.07, 6.45) is 0.313. The van der Waals surface area contributed by atoms with Crippen molar-refractivity contribution in [3.63, 3.8) is 0 Å². The molecule has 0 saturated carbocycles. The minimum Gasteiger partial charge on any atom is -0.411 e. The number of halogens is 1. The zero-order valence-corrected chi connectivity index (χ0v) is 15.1. The average Bonchev–Trinajstić information content (AvgIpc) is 3.00. The van der Waals surface area contributed by atoms with Crippen LogP contribution in [0.2, 0.25) is 0 Å². The summed E-state index contributed by atoms with van der Waals surface area (Å²) in [5.41, 5.74) is 0.809. The van der Waals surface area contributed by atoms with Crippen molar-refractivity contribution in [2.75, 3.05) is 13.6 Å². The van der Waals surface area contributed by atoms with E-state index in [2.05, 4.69) is 26.1 Å². The van der Waals surface area contributed by atoms with Crippen LogP contribution in [0.25, 0.3) is 11.5 Å². The monoisotopic (exact) mass is 394 g/mol. The van der Waals surface area contributed by atoms with Gasteiger partial charge in [-0.2, -0.15) is 5.26 Å². The fourth-order valence-electron chi connectivity index (χ4n) is 1.84. The molecular weight excluding hydrogens is 380 g/mol. The maximum absolute atomic E-state index is 12.2. The van der Waals surface area contributed by atoms with Gasteiger partial charge in [-0.3, -0.25) is 4.79 Å². The van der Waals surface area contributed by atoms with Gasteiger partial charge in [-0.05, 0) is 25.1 Å². The van der Waals surface area contributed by atoms with E-state index in [1.54, 1.807) is 14.0 Å².